The molecule has 0 saturated carbocycles. The molecule has 0 amide bonds. The van der Waals surface area contributed by atoms with Crippen LogP contribution >= 0.6 is 0 Å². The molecule has 0 aromatic carbocycles. The van der Waals surface area contributed by atoms with E-state index in [-0.39, 0.29) is 6.04 Å². The first-order valence-corrected chi connectivity index (χ1v) is 7.11. The van der Waals surface area contributed by atoms with Gasteiger partial charge in [-0.3, -0.25) is 0 Å². The molecule has 1 aliphatic rings. The van der Waals surface area contributed by atoms with Crippen LogP contribution in [0.5, 0.6) is 0 Å². The molecule has 18 heavy (non-hydrogen) atoms. The van der Waals surface area contributed by atoms with Crippen LogP contribution in [0.25, 0.3) is 0 Å². The van der Waals surface area contributed by atoms with E-state index < -0.39 is 0 Å². The van der Waals surface area contributed by atoms with Crippen molar-refractivity contribution in [2.45, 2.75) is 52.6 Å². The zero-order chi connectivity index (χ0) is 13.3. The highest BCUT2D eigenvalue weighted by Gasteiger charge is 2.26. The summed E-state index contributed by atoms with van der Waals surface area (Å²) in [6.07, 6.45) is 4.33. The molecule has 1 aromatic rings. The molecule has 4 nitrogen and oxygen atoms in total. The molecule has 1 aliphatic heterocycles. The number of nitrogens with two attached hydrogens (primary N) is 1. The number of rotatable bonds is 3. The van der Waals surface area contributed by atoms with Gasteiger partial charge in [-0.05, 0) is 32.6 Å². The summed E-state index contributed by atoms with van der Waals surface area (Å²) in [5.41, 5.74) is 7.36. The third-order valence-corrected chi connectivity index (χ3v) is 3.98. The Kier molecular flexibility index (Phi) is 3.95. The maximum absolute atomic E-state index is 6.19. The van der Waals surface area contributed by atoms with E-state index in [4.69, 9.17) is 10.7 Å². The summed E-state index contributed by atoms with van der Waals surface area (Å²) in [4.78, 5) is 7.12. The highest BCUT2D eigenvalue weighted by molar-refractivity contribution is 5.35. The van der Waals surface area contributed by atoms with Crippen molar-refractivity contribution in [1.82, 2.24) is 9.55 Å². The minimum atomic E-state index is 0.265. The molecule has 4 heteroatoms. The first-order chi connectivity index (χ1) is 8.52. The quantitative estimate of drug-likeness (QED) is 0.894. The normalized spacial score (nSPS) is 24.9. The van der Waals surface area contributed by atoms with Gasteiger partial charge in [-0.1, -0.05) is 13.8 Å². The number of aryl methyl sites for hydroxylation is 1. The molecule has 0 radical (unpaired) electrons. The number of imidazole rings is 1. The van der Waals surface area contributed by atoms with Gasteiger partial charge in [0.2, 0.25) is 5.95 Å². The fraction of sp³-hybridized carbons (Fsp3) is 0.786. The number of hydrogen-bond acceptors (Lipinski definition) is 3. The summed E-state index contributed by atoms with van der Waals surface area (Å²) in [6, 6.07) is 0.713. The van der Waals surface area contributed by atoms with Gasteiger partial charge >= 0.3 is 0 Å². The fourth-order valence-corrected chi connectivity index (χ4v) is 2.50. The monoisotopic (exact) mass is 250 g/mol. The molecule has 1 aromatic heterocycles. The van der Waals surface area contributed by atoms with E-state index >= 15 is 0 Å². The summed E-state index contributed by atoms with van der Waals surface area (Å²) >= 11 is 0. The van der Waals surface area contributed by atoms with Gasteiger partial charge in [0.1, 0.15) is 0 Å². The Morgan fingerprint density at radius 3 is 2.78 bits per heavy atom. The van der Waals surface area contributed by atoms with Gasteiger partial charge in [0, 0.05) is 31.4 Å². The highest BCUT2D eigenvalue weighted by atomic mass is 15.3. The third kappa shape index (κ3) is 2.53. The molecule has 2 N–H and O–H groups in total. The predicted octanol–water partition coefficient (Wildman–Crippen LogP) is 2.20. The molecule has 0 bridgehead atoms. The smallest absolute Gasteiger partial charge is 0.206 e. The van der Waals surface area contributed by atoms with E-state index in [0.717, 1.165) is 31.9 Å². The van der Waals surface area contributed by atoms with Crippen molar-refractivity contribution in [3.63, 3.8) is 0 Å². The van der Waals surface area contributed by atoms with Crippen molar-refractivity contribution in [3.05, 3.63) is 11.9 Å². The maximum atomic E-state index is 6.19. The lowest BCUT2D eigenvalue weighted by Crippen LogP contribution is -2.48. The summed E-state index contributed by atoms with van der Waals surface area (Å²) < 4.78 is 2.28. The minimum Gasteiger partial charge on any atom is -0.341 e. The Labute approximate surface area is 110 Å². The van der Waals surface area contributed by atoms with Crippen LogP contribution in [-0.4, -0.2) is 28.7 Å². The van der Waals surface area contributed by atoms with Crippen LogP contribution < -0.4 is 10.6 Å². The maximum Gasteiger partial charge on any atom is 0.206 e. The summed E-state index contributed by atoms with van der Waals surface area (Å²) in [6.45, 7) is 10.8. The van der Waals surface area contributed by atoms with Gasteiger partial charge in [0.15, 0.2) is 0 Å². The lowest BCUT2D eigenvalue weighted by atomic mass is 9.94. The van der Waals surface area contributed by atoms with Gasteiger partial charge in [-0.15, -0.1) is 0 Å². The number of hydrogen-bond donors (Lipinski definition) is 1. The van der Waals surface area contributed by atoms with Crippen LogP contribution in [0.1, 0.15) is 45.9 Å². The van der Waals surface area contributed by atoms with Crippen molar-refractivity contribution in [1.29, 1.82) is 0 Å². The standard InChI is InChI=1S/C14H26N4/c1-5-12-8-18(10(2)3)14(16-12)17-7-6-11(4)13(15)9-17/h8,10-11,13H,5-7,9,15H2,1-4H3. The zero-order valence-electron chi connectivity index (χ0n) is 12.1. The molecule has 0 aliphatic carbocycles. The van der Waals surface area contributed by atoms with E-state index in [0.29, 0.717) is 12.0 Å². The van der Waals surface area contributed by atoms with E-state index in [1.54, 1.807) is 0 Å². The van der Waals surface area contributed by atoms with Gasteiger partial charge in [0.25, 0.3) is 0 Å². The van der Waals surface area contributed by atoms with Crippen molar-refractivity contribution < 1.29 is 0 Å². The molecule has 1 saturated heterocycles. The molecule has 0 spiro atoms. The molecule has 2 unspecified atom stereocenters. The van der Waals surface area contributed by atoms with Crippen LogP contribution in [0.4, 0.5) is 5.95 Å². The lowest BCUT2D eigenvalue weighted by Gasteiger charge is -2.36. The van der Waals surface area contributed by atoms with E-state index in [1.807, 2.05) is 0 Å². The van der Waals surface area contributed by atoms with Gasteiger partial charge in [-0.2, -0.15) is 0 Å². The number of anilines is 1. The van der Waals surface area contributed by atoms with Crippen LogP contribution in [0.2, 0.25) is 0 Å². The Balaban J connectivity index is 2.24. The van der Waals surface area contributed by atoms with Crippen LogP contribution in [0, 0.1) is 5.92 Å². The van der Waals surface area contributed by atoms with Gasteiger partial charge in [-0.25, -0.2) is 4.98 Å². The second kappa shape index (κ2) is 5.31. The van der Waals surface area contributed by atoms with Crippen molar-refractivity contribution in [2.75, 3.05) is 18.0 Å². The number of aromatic nitrogens is 2. The molecular formula is C14H26N4. The van der Waals surface area contributed by atoms with E-state index in [2.05, 4.69) is 43.4 Å². The predicted molar refractivity (Wildman–Crippen MR) is 76.0 cm³/mol. The van der Waals surface area contributed by atoms with Crippen LogP contribution in [-0.2, 0) is 6.42 Å². The largest absolute Gasteiger partial charge is 0.341 e. The highest BCUT2D eigenvalue weighted by Crippen LogP contribution is 2.25. The molecule has 1 fully saturated rings. The lowest BCUT2D eigenvalue weighted by molar-refractivity contribution is 0.372. The molecular weight excluding hydrogens is 224 g/mol. The first-order valence-electron chi connectivity index (χ1n) is 7.11. The Morgan fingerprint density at radius 1 is 1.50 bits per heavy atom. The van der Waals surface area contributed by atoms with Crippen LogP contribution in [0.3, 0.4) is 0 Å². The molecule has 2 rings (SSSR count). The summed E-state index contributed by atoms with van der Waals surface area (Å²) in [5, 5.41) is 0. The van der Waals surface area contributed by atoms with Crippen molar-refractivity contribution >= 4 is 5.95 Å². The first kappa shape index (κ1) is 13.4. The second-order valence-corrected chi connectivity index (χ2v) is 5.76. The number of piperidine rings is 1. The van der Waals surface area contributed by atoms with Gasteiger partial charge in [0.05, 0.1) is 5.69 Å². The second-order valence-electron chi connectivity index (χ2n) is 5.76. The molecule has 102 valence electrons. The minimum absolute atomic E-state index is 0.265. The fourth-order valence-electron chi connectivity index (χ4n) is 2.50. The number of nitrogens with zero attached hydrogens (tertiary/aromatic N) is 3. The third-order valence-electron chi connectivity index (χ3n) is 3.98. The van der Waals surface area contributed by atoms with Gasteiger partial charge < -0.3 is 15.2 Å². The van der Waals surface area contributed by atoms with Crippen molar-refractivity contribution in [2.24, 2.45) is 11.7 Å². The van der Waals surface area contributed by atoms with E-state index in [1.165, 1.54) is 5.69 Å². The Hall–Kier alpha value is -1.03. The van der Waals surface area contributed by atoms with E-state index in [9.17, 15) is 0 Å². The molecule has 2 heterocycles. The Bertz CT molecular complexity index is 396. The SMILES string of the molecule is CCc1cn(C(C)C)c(N2CCC(C)C(N)C2)n1. The average Bonchev–Trinajstić information content (AvgIpc) is 2.77. The van der Waals surface area contributed by atoms with Crippen molar-refractivity contribution in [3.8, 4) is 0 Å². The molecule has 2 atom stereocenters. The summed E-state index contributed by atoms with van der Waals surface area (Å²) in [5.74, 6) is 1.72. The topological polar surface area (TPSA) is 47.1 Å². The Morgan fingerprint density at radius 2 is 2.22 bits per heavy atom. The zero-order valence-corrected chi connectivity index (χ0v) is 12.1. The van der Waals surface area contributed by atoms with Crippen LogP contribution in [0.15, 0.2) is 6.20 Å². The summed E-state index contributed by atoms with van der Waals surface area (Å²) in [7, 11) is 0. The average molecular weight is 250 g/mol.